The average molecular weight is 333 g/mol. The first-order chi connectivity index (χ1) is 11.3. The van der Waals surface area contributed by atoms with Gasteiger partial charge >= 0.3 is 6.36 Å². The Kier molecular flexibility index (Phi) is 3.84. The standard InChI is InChI=1S/C17H10F3NO3/c18-17(19,20)24-12-8-6-11(7-9-12)21-14-13(15(22)16(14)23)10-4-2-1-3-5-10/h1-9,21H. The zero-order valence-corrected chi connectivity index (χ0v) is 12.1. The fraction of sp³-hybridized carbons (Fsp3) is 0.0588. The van der Waals surface area contributed by atoms with Crippen molar-refractivity contribution >= 4 is 11.4 Å². The van der Waals surface area contributed by atoms with Gasteiger partial charge in [0.05, 0.1) is 5.56 Å². The molecule has 0 unspecified atom stereocenters. The van der Waals surface area contributed by atoms with Crippen LogP contribution in [0.25, 0.3) is 11.1 Å². The third-order valence-corrected chi connectivity index (χ3v) is 3.33. The Morgan fingerprint density at radius 1 is 0.833 bits per heavy atom. The normalized spacial score (nSPS) is 11.5. The smallest absolute Gasteiger partial charge is 0.406 e. The van der Waals surface area contributed by atoms with E-state index in [2.05, 4.69) is 10.1 Å². The maximum Gasteiger partial charge on any atom is 0.573 e. The first kappa shape index (κ1) is 15.8. The molecule has 0 aliphatic carbocycles. The summed E-state index contributed by atoms with van der Waals surface area (Å²) in [5.41, 5.74) is 0.0903. The summed E-state index contributed by atoms with van der Waals surface area (Å²) in [4.78, 5) is 23.5. The van der Waals surface area contributed by atoms with E-state index in [0.29, 0.717) is 11.3 Å². The summed E-state index contributed by atoms with van der Waals surface area (Å²) in [6.45, 7) is 0. The van der Waals surface area contributed by atoms with Crippen LogP contribution in [-0.2, 0) is 0 Å². The molecule has 0 spiro atoms. The van der Waals surface area contributed by atoms with Crippen LogP contribution in [0.1, 0.15) is 0 Å². The molecule has 24 heavy (non-hydrogen) atoms. The SMILES string of the molecule is O=c1c(Nc2ccc(OC(F)(F)F)cc2)c(-c2ccccc2)c1=O. The van der Waals surface area contributed by atoms with Crippen LogP contribution in [0, 0.1) is 0 Å². The van der Waals surface area contributed by atoms with Crippen molar-refractivity contribution in [3.05, 3.63) is 75.0 Å². The van der Waals surface area contributed by atoms with Crippen LogP contribution in [0.15, 0.2) is 64.2 Å². The lowest BCUT2D eigenvalue weighted by Gasteiger charge is -2.14. The highest BCUT2D eigenvalue weighted by atomic mass is 19.4. The molecule has 3 aromatic carbocycles. The minimum Gasteiger partial charge on any atom is -0.406 e. The van der Waals surface area contributed by atoms with Crippen LogP contribution in [0.5, 0.6) is 5.75 Å². The maximum absolute atomic E-state index is 12.1. The van der Waals surface area contributed by atoms with E-state index in [0.717, 1.165) is 12.1 Å². The van der Waals surface area contributed by atoms with E-state index in [1.165, 1.54) is 12.1 Å². The van der Waals surface area contributed by atoms with Gasteiger partial charge in [-0.05, 0) is 29.8 Å². The molecule has 1 N–H and O–H groups in total. The number of halogens is 3. The Bertz CT molecular complexity index is 925. The molecule has 122 valence electrons. The molecule has 7 heteroatoms. The predicted octanol–water partition coefficient (Wildman–Crippen LogP) is 3.59. The number of hydrogen-bond acceptors (Lipinski definition) is 4. The van der Waals surface area contributed by atoms with Gasteiger partial charge in [0, 0.05) is 5.69 Å². The van der Waals surface area contributed by atoms with E-state index in [-0.39, 0.29) is 17.0 Å². The van der Waals surface area contributed by atoms with E-state index >= 15 is 0 Å². The summed E-state index contributed by atoms with van der Waals surface area (Å²) in [7, 11) is 0. The fourth-order valence-electron chi connectivity index (χ4n) is 2.28. The highest BCUT2D eigenvalue weighted by Gasteiger charge is 2.31. The number of alkyl halides is 3. The lowest BCUT2D eigenvalue weighted by molar-refractivity contribution is -0.274. The summed E-state index contributed by atoms with van der Waals surface area (Å²) in [6, 6.07) is 13.5. The molecule has 0 aliphatic rings. The Morgan fingerprint density at radius 3 is 2.04 bits per heavy atom. The quantitative estimate of drug-likeness (QED) is 0.742. The molecular formula is C17H10F3NO3. The van der Waals surface area contributed by atoms with Crippen LogP contribution >= 0.6 is 0 Å². The summed E-state index contributed by atoms with van der Waals surface area (Å²) >= 11 is 0. The highest BCUT2D eigenvalue weighted by molar-refractivity contribution is 5.84. The van der Waals surface area contributed by atoms with Crippen molar-refractivity contribution in [1.82, 2.24) is 0 Å². The van der Waals surface area contributed by atoms with Crippen molar-refractivity contribution in [2.75, 3.05) is 5.32 Å². The number of nitrogens with one attached hydrogen (secondary N) is 1. The Balaban J connectivity index is 1.84. The summed E-state index contributed by atoms with van der Waals surface area (Å²) in [5, 5.41) is 2.77. The van der Waals surface area contributed by atoms with Crippen molar-refractivity contribution in [3.8, 4) is 16.9 Å². The van der Waals surface area contributed by atoms with E-state index in [9.17, 15) is 22.8 Å². The van der Waals surface area contributed by atoms with Crippen molar-refractivity contribution in [2.45, 2.75) is 6.36 Å². The lowest BCUT2D eigenvalue weighted by Crippen LogP contribution is -2.35. The van der Waals surface area contributed by atoms with Gasteiger partial charge in [-0.25, -0.2) is 0 Å². The number of rotatable bonds is 4. The van der Waals surface area contributed by atoms with Crippen molar-refractivity contribution < 1.29 is 17.9 Å². The Morgan fingerprint density at radius 2 is 1.46 bits per heavy atom. The van der Waals surface area contributed by atoms with Crippen molar-refractivity contribution in [2.24, 2.45) is 0 Å². The third-order valence-electron chi connectivity index (χ3n) is 3.33. The second-order valence-electron chi connectivity index (χ2n) is 4.97. The summed E-state index contributed by atoms with van der Waals surface area (Å²) in [6.07, 6.45) is -4.77. The fourth-order valence-corrected chi connectivity index (χ4v) is 2.28. The van der Waals surface area contributed by atoms with E-state index in [1.54, 1.807) is 30.3 Å². The predicted molar refractivity (Wildman–Crippen MR) is 83.2 cm³/mol. The number of anilines is 2. The van der Waals surface area contributed by atoms with Gasteiger partial charge in [0.1, 0.15) is 11.4 Å². The minimum atomic E-state index is -4.77. The van der Waals surface area contributed by atoms with Gasteiger partial charge in [0.25, 0.3) is 5.43 Å². The second-order valence-corrected chi connectivity index (χ2v) is 4.97. The summed E-state index contributed by atoms with van der Waals surface area (Å²) in [5.74, 6) is -0.374. The van der Waals surface area contributed by atoms with Crippen LogP contribution < -0.4 is 20.9 Å². The molecule has 0 amide bonds. The third kappa shape index (κ3) is 3.15. The van der Waals surface area contributed by atoms with Gasteiger partial charge in [0.2, 0.25) is 5.43 Å². The van der Waals surface area contributed by atoms with Gasteiger partial charge in [-0.1, -0.05) is 30.3 Å². The Hall–Kier alpha value is -3.09. The molecule has 3 rings (SSSR count). The molecular weight excluding hydrogens is 323 g/mol. The molecule has 0 saturated heterocycles. The molecule has 0 aliphatic heterocycles. The van der Waals surface area contributed by atoms with Gasteiger partial charge in [0.15, 0.2) is 0 Å². The Labute approximate surface area is 133 Å². The number of benzene rings is 2. The van der Waals surface area contributed by atoms with Crippen LogP contribution in [-0.4, -0.2) is 6.36 Å². The monoisotopic (exact) mass is 333 g/mol. The van der Waals surface area contributed by atoms with Crippen LogP contribution in [0.2, 0.25) is 0 Å². The number of hydrogen-bond donors (Lipinski definition) is 1. The molecule has 0 heterocycles. The van der Waals surface area contributed by atoms with Gasteiger partial charge in [-0.15, -0.1) is 13.2 Å². The molecule has 0 aromatic heterocycles. The van der Waals surface area contributed by atoms with E-state index in [1.807, 2.05) is 0 Å². The van der Waals surface area contributed by atoms with Crippen LogP contribution in [0.4, 0.5) is 24.5 Å². The molecule has 0 saturated carbocycles. The largest absolute Gasteiger partial charge is 0.573 e. The zero-order valence-electron chi connectivity index (χ0n) is 12.1. The molecule has 0 atom stereocenters. The van der Waals surface area contributed by atoms with Gasteiger partial charge < -0.3 is 10.1 Å². The topological polar surface area (TPSA) is 55.4 Å². The average Bonchev–Trinajstić information content (AvgIpc) is 2.55. The number of ether oxygens (including phenoxy) is 1. The molecule has 3 aromatic rings. The molecule has 0 bridgehead atoms. The maximum atomic E-state index is 12.1. The molecule has 0 fully saturated rings. The van der Waals surface area contributed by atoms with Crippen LogP contribution in [0.3, 0.4) is 0 Å². The van der Waals surface area contributed by atoms with E-state index in [4.69, 9.17) is 0 Å². The first-order valence-electron chi connectivity index (χ1n) is 6.87. The second kappa shape index (κ2) is 5.84. The first-order valence-corrected chi connectivity index (χ1v) is 6.87. The lowest BCUT2D eigenvalue weighted by atomic mass is 9.98. The minimum absolute atomic E-state index is 0.121. The zero-order chi connectivity index (χ0) is 17.3. The van der Waals surface area contributed by atoms with Gasteiger partial charge in [-0.2, -0.15) is 0 Å². The van der Waals surface area contributed by atoms with E-state index < -0.39 is 17.2 Å². The van der Waals surface area contributed by atoms with Gasteiger partial charge in [-0.3, -0.25) is 9.59 Å². The van der Waals surface area contributed by atoms with Crippen molar-refractivity contribution in [3.63, 3.8) is 0 Å². The molecule has 4 nitrogen and oxygen atoms in total. The van der Waals surface area contributed by atoms with Crippen molar-refractivity contribution in [1.29, 1.82) is 0 Å². The highest BCUT2D eigenvalue weighted by Crippen LogP contribution is 2.28. The molecule has 0 radical (unpaired) electrons. The summed E-state index contributed by atoms with van der Waals surface area (Å²) < 4.78 is 40.1.